The van der Waals surface area contributed by atoms with Crippen LogP contribution in [0.3, 0.4) is 0 Å². The quantitative estimate of drug-likeness (QED) is 0.852. The molecule has 1 saturated heterocycles. The third-order valence-electron chi connectivity index (χ3n) is 5.53. The number of carbonyl (C=O) groups is 2. The van der Waals surface area contributed by atoms with Crippen molar-refractivity contribution in [2.24, 2.45) is 0 Å². The van der Waals surface area contributed by atoms with Crippen LogP contribution in [0.2, 0.25) is 0 Å². The van der Waals surface area contributed by atoms with Crippen LogP contribution in [0, 0.1) is 0 Å². The van der Waals surface area contributed by atoms with Gasteiger partial charge in [-0.2, -0.15) is 0 Å². The monoisotopic (exact) mass is 380 g/mol. The van der Waals surface area contributed by atoms with E-state index in [1.54, 1.807) is 11.0 Å². The number of H-pyrrole nitrogens is 1. The Kier molecular flexibility index (Phi) is 4.75. The maximum Gasteiger partial charge on any atom is 0.252 e. The van der Waals surface area contributed by atoms with Gasteiger partial charge in [-0.05, 0) is 30.4 Å². The molecule has 1 aromatic heterocycles. The highest BCUT2D eigenvalue weighted by molar-refractivity contribution is 5.99. The van der Waals surface area contributed by atoms with Crippen molar-refractivity contribution in [2.45, 2.75) is 51.1 Å². The summed E-state index contributed by atoms with van der Waals surface area (Å²) in [6.07, 6.45) is 1.83. The molecule has 1 fully saturated rings. The molecule has 2 aromatic rings. The number of aromatic amines is 1. The summed E-state index contributed by atoms with van der Waals surface area (Å²) in [5, 5.41) is 2.90. The molecule has 4 rings (SSSR count). The van der Waals surface area contributed by atoms with Gasteiger partial charge >= 0.3 is 0 Å². The Morgan fingerprint density at radius 2 is 2.07 bits per heavy atom. The van der Waals surface area contributed by atoms with Crippen LogP contribution < -0.4 is 10.9 Å². The van der Waals surface area contributed by atoms with E-state index in [9.17, 15) is 14.4 Å². The standard InChI is InChI=1S/C21H24N4O3/c1-12(2)15-10-18(26)24-20(22-15)17-8-5-9-25(17)19(27)11-16-13-6-3-4-7-14(13)21(28)23-16/h3-4,6-7,10,12,16-17H,5,8-9,11H2,1-2H3,(H,23,28)(H,22,24,26)/t16-,17+/m0/s1. The molecule has 1 aromatic carbocycles. The fourth-order valence-corrected chi connectivity index (χ4v) is 4.07. The van der Waals surface area contributed by atoms with Gasteiger partial charge in [-0.1, -0.05) is 32.0 Å². The predicted octanol–water partition coefficient (Wildman–Crippen LogP) is 2.43. The first kappa shape index (κ1) is 18.4. The van der Waals surface area contributed by atoms with E-state index in [-0.39, 0.29) is 41.8 Å². The van der Waals surface area contributed by atoms with E-state index >= 15 is 0 Å². The van der Waals surface area contributed by atoms with E-state index in [1.165, 1.54) is 6.07 Å². The van der Waals surface area contributed by atoms with E-state index < -0.39 is 0 Å². The normalized spacial score (nSPS) is 21.1. The Labute approximate surface area is 163 Å². The molecule has 3 heterocycles. The third kappa shape index (κ3) is 3.32. The van der Waals surface area contributed by atoms with E-state index in [0.717, 1.165) is 24.1 Å². The lowest BCUT2D eigenvalue weighted by atomic mass is 10.0. The molecule has 2 amide bonds. The summed E-state index contributed by atoms with van der Waals surface area (Å²) in [4.78, 5) is 46.4. The van der Waals surface area contributed by atoms with Gasteiger partial charge < -0.3 is 15.2 Å². The van der Waals surface area contributed by atoms with Crippen LogP contribution in [-0.2, 0) is 4.79 Å². The summed E-state index contributed by atoms with van der Waals surface area (Å²) in [6, 6.07) is 8.33. The Bertz CT molecular complexity index is 982. The predicted molar refractivity (Wildman–Crippen MR) is 104 cm³/mol. The minimum Gasteiger partial charge on any atom is -0.345 e. The topological polar surface area (TPSA) is 95.2 Å². The first-order valence-electron chi connectivity index (χ1n) is 9.74. The van der Waals surface area contributed by atoms with Crippen molar-refractivity contribution in [3.63, 3.8) is 0 Å². The average molecular weight is 380 g/mol. The smallest absolute Gasteiger partial charge is 0.252 e. The van der Waals surface area contributed by atoms with Crippen LogP contribution in [0.5, 0.6) is 0 Å². The molecule has 0 unspecified atom stereocenters. The minimum atomic E-state index is -0.313. The number of carbonyl (C=O) groups excluding carboxylic acids is 2. The number of benzene rings is 1. The molecule has 0 saturated carbocycles. The van der Waals surface area contributed by atoms with Crippen molar-refractivity contribution in [1.29, 1.82) is 0 Å². The second kappa shape index (κ2) is 7.22. The van der Waals surface area contributed by atoms with Gasteiger partial charge in [0.15, 0.2) is 0 Å². The van der Waals surface area contributed by atoms with Gasteiger partial charge in [0.25, 0.3) is 11.5 Å². The Morgan fingerprint density at radius 3 is 2.86 bits per heavy atom. The lowest BCUT2D eigenvalue weighted by Crippen LogP contribution is -2.35. The first-order valence-corrected chi connectivity index (χ1v) is 9.74. The van der Waals surface area contributed by atoms with Crippen molar-refractivity contribution in [2.75, 3.05) is 6.54 Å². The number of hydrogen-bond acceptors (Lipinski definition) is 4. The molecular formula is C21H24N4O3. The van der Waals surface area contributed by atoms with E-state index in [4.69, 9.17) is 0 Å². The van der Waals surface area contributed by atoms with Crippen LogP contribution >= 0.6 is 0 Å². The van der Waals surface area contributed by atoms with Gasteiger partial charge in [0, 0.05) is 18.2 Å². The third-order valence-corrected chi connectivity index (χ3v) is 5.53. The number of nitrogens with zero attached hydrogens (tertiary/aromatic N) is 2. The van der Waals surface area contributed by atoms with Crippen molar-refractivity contribution in [3.05, 3.63) is 63.3 Å². The Morgan fingerprint density at radius 1 is 1.29 bits per heavy atom. The number of rotatable bonds is 4. The zero-order chi connectivity index (χ0) is 19.8. The van der Waals surface area contributed by atoms with Crippen molar-refractivity contribution in [3.8, 4) is 0 Å². The average Bonchev–Trinajstić information content (AvgIpc) is 3.27. The summed E-state index contributed by atoms with van der Waals surface area (Å²) < 4.78 is 0. The second-order valence-corrected chi connectivity index (χ2v) is 7.77. The Hall–Kier alpha value is -2.96. The Balaban J connectivity index is 1.55. The highest BCUT2D eigenvalue weighted by atomic mass is 16.2. The van der Waals surface area contributed by atoms with Crippen molar-refractivity contribution in [1.82, 2.24) is 20.2 Å². The molecule has 2 aliphatic rings. The molecule has 146 valence electrons. The lowest BCUT2D eigenvalue weighted by Gasteiger charge is -2.26. The number of fused-ring (bicyclic) bond motifs is 1. The fourth-order valence-electron chi connectivity index (χ4n) is 4.07. The highest BCUT2D eigenvalue weighted by Gasteiger charge is 2.36. The molecule has 2 aliphatic heterocycles. The minimum absolute atomic E-state index is 0.0397. The van der Waals surface area contributed by atoms with Gasteiger partial charge in [-0.25, -0.2) is 4.98 Å². The SMILES string of the molecule is CC(C)c1cc(=O)[nH]c([C@H]2CCCN2C(=O)C[C@@H]2NC(=O)c3ccccc32)n1. The number of aromatic nitrogens is 2. The molecule has 2 N–H and O–H groups in total. The van der Waals surface area contributed by atoms with E-state index in [0.29, 0.717) is 17.9 Å². The fraction of sp³-hybridized carbons (Fsp3) is 0.429. The summed E-state index contributed by atoms with van der Waals surface area (Å²) in [5.74, 6) is 0.513. The van der Waals surface area contributed by atoms with Gasteiger partial charge in [0.2, 0.25) is 5.91 Å². The molecule has 7 nitrogen and oxygen atoms in total. The summed E-state index contributed by atoms with van der Waals surface area (Å²) in [7, 11) is 0. The maximum atomic E-state index is 13.1. The zero-order valence-corrected chi connectivity index (χ0v) is 16.1. The molecule has 28 heavy (non-hydrogen) atoms. The molecule has 0 bridgehead atoms. The number of hydrogen-bond donors (Lipinski definition) is 2. The number of nitrogens with one attached hydrogen (secondary N) is 2. The summed E-state index contributed by atoms with van der Waals surface area (Å²) in [6.45, 7) is 4.61. The van der Waals surface area contributed by atoms with Crippen molar-refractivity contribution >= 4 is 11.8 Å². The summed E-state index contributed by atoms with van der Waals surface area (Å²) >= 11 is 0. The zero-order valence-electron chi connectivity index (χ0n) is 16.1. The van der Waals surface area contributed by atoms with Crippen LogP contribution in [-0.4, -0.2) is 33.2 Å². The van der Waals surface area contributed by atoms with Gasteiger partial charge in [0.1, 0.15) is 5.82 Å². The van der Waals surface area contributed by atoms with Crippen LogP contribution in [0.15, 0.2) is 35.1 Å². The summed E-state index contributed by atoms with van der Waals surface area (Å²) in [5.41, 5.74) is 2.04. The maximum absolute atomic E-state index is 13.1. The molecule has 0 aliphatic carbocycles. The van der Waals surface area contributed by atoms with E-state index in [2.05, 4.69) is 15.3 Å². The van der Waals surface area contributed by atoms with Crippen molar-refractivity contribution < 1.29 is 9.59 Å². The van der Waals surface area contributed by atoms with Gasteiger partial charge in [0.05, 0.1) is 24.2 Å². The largest absolute Gasteiger partial charge is 0.345 e. The lowest BCUT2D eigenvalue weighted by molar-refractivity contribution is -0.132. The highest BCUT2D eigenvalue weighted by Crippen LogP contribution is 2.33. The van der Waals surface area contributed by atoms with Crippen LogP contribution in [0.25, 0.3) is 0 Å². The number of likely N-dealkylation sites (tertiary alicyclic amines) is 1. The number of amides is 2. The van der Waals surface area contributed by atoms with E-state index in [1.807, 2.05) is 32.0 Å². The molecule has 7 heteroatoms. The van der Waals surface area contributed by atoms with Gasteiger partial charge in [-0.3, -0.25) is 14.4 Å². The second-order valence-electron chi connectivity index (χ2n) is 7.77. The molecule has 2 atom stereocenters. The van der Waals surface area contributed by atoms with Crippen LogP contribution in [0.1, 0.15) is 78.6 Å². The molecule has 0 radical (unpaired) electrons. The first-order chi connectivity index (χ1) is 13.4. The van der Waals surface area contributed by atoms with Crippen LogP contribution in [0.4, 0.5) is 0 Å². The van der Waals surface area contributed by atoms with Gasteiger partial charge in [-0.15, -0.1) is 0 Å². The molecule has 0 spiro atoms. The molecular weight excluding hydrogens is 356 g/mol.